The number of carbonyl (C=O) groups excluding carboxylic acids is 1. The third-order valence-corrected chi connectivity index (χ3v) is 2.79. The van der Waals surface area contributed by atoms with Crippen LogP contribution in [-0.4, -0.2) is 12.5 Å². The Morgan fingerprint density at radius 1 is 1.24 bits per heavy atom. The summed E-state index contributed by atoms with van der Waals surface area (Å²) >= 11 is 0. The molecule has 0 unspecified atom stereocenters. The highest BCUT2D eigenvalue weighted by atomic mass is 16.2. The molecule has 2 rings (SSSR count). The molecule has 0 spiro atoms. The maximum atomic E-state index is 11.9. The van der Waals surface area contributed by atoms with Gasteiger partial charge in [-0.1, -0.05) is 18.2 Å². The Balaban J connectivity index is 2.04. The Hall–Kier alpha value is -1.97. The van der Waals surface area contributed by atoms with Crippen LogP contribution in [0, 0.1) is 0 Å². The lowest BCUT2D eigenvalue weighted by molar-refractivity contribution is -0.113. The zero-order chi connectivity index (χ0) is 12.1. The van der Waals surface area contributed by atoms with E-state index in [9.17, 15) is 4.79 Å². The van der Waals surface area contributed by atoms with Crippen LogP contribution in [0.2, 0.25) is 0 Å². The number of hydrogen-bond donors (Lipinski definition) is 3. The lowest BCUT2D eigenvalue weighted by atomic mass is 10.1. The summed E-state index contributed by atoms with van der Waals surface area (Å²) in [6, 6.07) is 9.32. The molecule has 1 heterocycles. The first kappa shape index (κ1) is 11.5. The van der Waals surface area contributed by atoms with E-state index in [2.05, 4.69) is 10.6 Å². The summed E-state index contributed by atoms with van der Waals surface area (Å²) in [5.41, 5.74) is 7.77. The molecule has 1 aliphatic heterocycles. The zero-order valence-corrected chi connectivity index (χ0v) is 9.70. The molecular formula is C13H17N3O. The molecule has 1 amide bonds. The van der Waals surface area contributed by atoms with E-state index < -0.39 is 0 Å². The van der Waals surface area contributed by atoms with Crippen LogP contribution < -0.4 is 16.4 Å². The van der Waals surface area contributed by atoms with Gasteiger partial charge in [-0.3, -0.25) is 4.79 Å². The lowest BCUT2D eigenvalue weighted by Gasteiger charge is -2.18. The number of nitrogens with two attached hydrogens (primary N) is 1. The fourth-order valence-corrected chi connectivity index (χ4v) is 1.84. The molecule has 0 aromatic heterocycles. The maximum Gasteiger partial charge on any atom is 0.273 e. The molecule has 0 radical (unpaired) electrons. The minimum Gasteiger partial charge on any atom is -0.393 e. The predicted molar refractivity (Wildman–Crippen MR) is 68.1 cm³/mol. The van der Waals surface area contributed by atoms with Crippen molar-refractivity contribution in [3.63, 3.8) is 0 Å². The Labute approximate surface area is 101 Å². The normalized spacial score (nSPS) is 18.1. The highest BCUT2D eigenvalue weighted by Gasteiger charge is 2.14. The van der Waals surface area contributed by atoms with Gasteiger partial charge in [0.15, 0.2) is 0 Å². The molecule has 0 saturated carbocycles. The Kier molecular flexibility index (Phi) is 3.65. The van der Waals surface area contributed by atoms with Crippen molar-refractivity contribution < 1.29 is 4.79 Å². The molecule has 17 heavy (non-hydrogen) atoms. The van der Waals surface area contributed by atoms with Crippen molar-refractivity contribution in [3.8, 4) is 0 Å². The molecule has 1 aliphatic rings. The fourth-order valence-electron chi connectivity index (χ4n) is 1.84. The SMILES string of the molecule is N/C(C(=O)Nc1ccccc1)=C1\CCCCN1. The largest absolute Gasteiger partial charge is 0.393 e. The molecule has 0 aliphatic carbocycles. The van der Waals surface area contributed by atoms with Crippen LogP contribution >= 0.6 is 0 Å². The average molecular weight is 231 g/mol. The third-order valence-electron chi connectivity index (χ3n) is 2.79. The van der Waals surface area contributed by atoms with Crippen LogP contribution in [0.25, 0.3) is 0 Å². The van der Waals surface area contributed by atoms with Gasteiger partial charge in [0, 0.05) is 17.9 Å². The summed E-state index contributed by atoms with van der Waals surface area (Å²) in [4.78, 5) is 11.9. The molecule has 0 atom stereocenters. The summed E-state index contributed by atoms with van der Waals surface area (Å²) in [7, 11) is 0. The highest BCUT2D eigenvalue weighted by molar-refractivity contribution is 6.03. The van der Waals surface area contributed by atoms with E-state index in [0.29, 0.717) is 5.70 Å². The van der Waals surface area contributed by atoms with Gasteiger partial charge < -0.3 is 16.4 Å². The van der Waals surface area contributed by atoms with Gasteiger partial charge in [-0.25, -0.2) is 0 Å². The van der Waals surface area contributed by atoms with Crippen LogP contribution in [0.4, 0.5) is 5.69 Å². The van der Waals surface area contributed by atoms with Crippen molar-refractivity contribution in [3.05, 3.63) is 41.7 Å². The summed E-state index contributed by atoms with van der Waals surface area (Å²) in [6.45, 7) is 0.897. The number of allylic oxidation sites excluding steroid dienone is 1. The van der Waals surface area contributed by atoms with Gasteiger partial charge in [-0.05, 0) is 31.4 Å². The second-order valence-electron chi connectivity index (χ2n) is 4.10. The monoisotopic (exact) mass is 231 g/mol. The van der Waals surface area contributed by atoms with E-state index in [-0.39, 0.29) is 5.91 Å². The molecule has 0 bridgehead atoms. The summed E-state index contributed by atoms with van der Waals surface area (Å²) in [6.07, 6.45) is 3.08. The molecule has 1 aromatic rings. The van der Waals surface area contributed by atoms with Crippen LogP contribution in [-0.2, 0) is 4.79 Å². The second kappa shape index (κ2) is 5.39. The van der Waals surface area contributed by atoms with Crippen LogP contribution in [0.5, 0.6) is 0 Å². The second-order valence-corrected chi connectivity index (χ2v) is 4.10. The van der Waals surface area contributed by atoms with Crippen molar-refractivity contribution in [1.82, 2.24) is 5.32 Å². The number of carbonyl (C=O) groups is 1. The van der Waals surface area contributed by atoms with E-state index in [4.69, 9.17) is 5.73 Å². The van der Waals surface area contributed by atoms with Crippen molar-refractivity contribution in [2.24, 2.45) is 5.73 Å². The summed E-state index contributed by atoms with van der Waals surface area (Å²) in [5.74, 6) is -0.236. The first-order chi connectivity index (χ1) is 8.27. The van der Waals surface area contributed by atoms with Gasteiger partial charge in [0.1, 0.15) is 5.70 Å². The van der Waals surface area contributed by atoms with Gasteiger partial charge in [-0.15, -0.1) is 0 Å². The third kappa shape index (κ3) is 3.00. The van der Waals surface area contributed by atoms with Gasteiger partial charge in [0.2, 0.25) is 0 Å². The number of nitrogens with one attached hydrogen (secondary N) is 2. The molecule has 1 fully saturated rings. The topological polar surface area (TPSA) is 67.2 Å². The predicted octanol–water partition coefficient (Wildman–Crippen LogP) is 1.57. The molecule has 1 aromatic carbocycles. The molecule has 4 nitrogen and oxygen atoms in total. The van der Waals surface area contributed by atoms with Crippen molar-refractivity contribution in [2.75, 3.05) is 11.9 Å². The van der Waals surface area contributed by atoms with Crippen molar-refractivity contribution >= 4 is 11.6 Å². The average Bonchev–Trinajstić information content (AvgIpc) is 2.40. The number of rotatable bonds is 2. The van der Waals surface area contributed by atoms with Crippen molar-refractivity contribution in [1.29, 1.82) is 0 Å². The first-order valence-electron chi connectivity index (χ1n) is 5.86. The minimum absolute atomic E-state index is 0.236. The van der Waals surface area contributed by atoms with Gasteiger partial charge in [0.05, 0.1) is 0 Å². The molecular weight excluding hydrogens is 214 g/mol. The van der Waals surface area contributed by atoms with E-state index >= 15 is 0 Å². The van der Waals surface area contributed by atoms with Crippen LogP contribution in [0.3, 0.4) is 0 Å². The Morgan fingerprint density at radius 3 is 2.65 bits per heavy atom. The fraction of sp³-hybridized carbons (Fsp3) is 0.308. The van der Waals surface area contributed by atoms with E-state index in [1.165, 1.54) is 0 Å². The van der Waals surface area contributed by atoms with Gasteiger partial charge in [0.25, 0.3) is 5.91 Å². The smallest absolute Gasteiger partial charge is 0.273 e. The lowest BCUT2D eigenvalue weighted by Crippen LogP contribution is -2.29. The highest BCUT2D eigenvalue weighted by Crippen LogP contribution is 2.13. The summed E-state index contributed by atoms with van der Waals surface area (Å²) in [5, 5.41) is 5.96. The van der Waals surface area contributed by atoms with Gasteiger partial charge in [-0.2, -0.15) is 0 Å². The quantitative estimate of drug-likeness (QED) is 0.677. The molecule has 1 saturated heterocycles. The van der Waals surface area contributed by atoms with Gasteiger partial charge >= 0.3 is 0 Å². The standard InChI is InChI=1S/C13H17N3O/c14-12(11-8-4-5-9-15-11)13(17)16-10-6-2-1-3-7-10/h1-3,6-7,15H,4-5,8-9,14H2,(H,16,17)/b12-11+. The summed E-state index contributed by atoms with van der Waals surface area (Å²) < 4.78 is 0. The van der Waals surface area contributed by atoms with Crippen LogP contribution in [0.15, 0.2) is 41.7 Å². The number of benzene rings is 1. The van der Waals surface area contributed by atoms with E-state index in [1.54, 1.807) is 0 Å². The Morgan fingerprint density at radius 2 is 2.00 bits per heavy atom. The molecule has 4 heteroatoms. The van der Waals surface area contributed by atoms with E-state index in [0.717, 1.165) is 37.2 Å². The van der Waals surface area contributed by atoms with E-state index in [1.807, 2.05) is 30.3 Å². The molecule has 90 valence electrons. The minimum atomic E-state index is -0.236. The number of para-hydroxylation sites is 1. The number of anilines is 1. The molecule has 4 N–H and O–H groups in total. The number of hydrogen-bond acceptors (Lipinski definition) is 3. The first-order valence-corrected chi connectivity index (χ1v) is 5.86. The maximum absolute atomic E-state index is 11.9. The number of amides is 1. The zero-order valence-electron chi connectivity index (χ0n) is 9.70. The number of piperidine rings is 1. The Bertz CT molecular complexity index is 418. The van der Waals surface area contributed by atoms with Crippen molar-refractivity contribution in [2.45, 2.75) is 19.3 Å². The van der Waals surface area contributed by atoms with Crippen LogP contribution in [0.1, 0.15) is 19.3 Å².